The standard InChI is InChI=1S/C19H23N3O3/c1-13(23)17-18(25)16(24)11-22(20-17)15-8-5-4-7-14(15)21-10-6-9-19(2,3)12-21/h4-5,7-8,11,23-24H,1,6,9-10,12H2,2-3H3. The number of nitrogens with zero attached hydrogens (tertiary/aromatic N) is 3. The van der Waals surface area contributed by atoms with Gasteiger partial charge in [0.25, 0.3) is 5.43 Å². The molecule has 1 fully saturated rings. The van der Waals surface area contributed by atoms with Gasteiger partial charge in [-0.2, -0.15) is 5.10 Å². The zero-order valence-electron chi connectivity index (χ0n) is 14.6. The first-order valence-electron chi connectivity index (χ1n) is 8.34. The van der Waals surface area contributed by atoms with E-state index >= 15 is 0 Å². The number of aromatic hydroxyl groups is 1. The maximum Gasteiger partial charge on any atom is 0.252 e. The van der Waals surface area contributed by atoms with Crippen molar-refractivity contribution < 1.29 is 10.2 Å². The number of rotatable bonds is 3. The topological polar surface area (TPSA) is 78.6 Å². The lowest BCUT2D eigenvalue weighted by Crippen LogP contribution is -2.40. The summed E-state index contributed by atoms with van der Waals surface area (Å²) in [5, 5.41) is 23.7. The van der Waals surface area contributed by atoms with Crippen LogP contribution in [-0.4, -0.2) is 33.1 Å². The van der Waals surface area contributed by atoms with Crippen molar-refractivity contribution in [2.24, 2.45) is 5.41 Å². The molecular weight excluding hydrogens is 318 g/mol. The molecule has 0 saturated carbocycles. The Hall–Kier alpha value is -2.76. The molecule has 2 aromatic rings. The summed E-state index contributed by atoms with van der Waals surface area (Å²) >= 11 is 0. The van der Waals surface area contributed by atoms with E-state index in [0.29, 0.717) is 0 Å². The number of aliphatic hydroxyl groups excluding tert-OH is 1. The predicted octanol–water partition coefficient (Wildman–Crippen LogP) is 3.09. The fourth-order valence-electron chi connectivity index (χ4n) is 3.34. The number of aromatic nitrogens is 2. The highest BCUT2D eigenvalue weighted by Crippen LogP contribution is 2.34. The Kier molecular flexibility index (Phi) is 4.29. The normalized spacial score (nSPS) is 16.6. The molecule has 1 aliphatic heterocycles. The summed E-state index contributed by atoms with van der Waals surface area (Å²) in [7, 11) is 0. The lowest BCUT2D eigenvalue weighted by atomic mass is 9.84. The van der Waals surface area contributed by atoms with Gasteiger partial charge in [0.2, 0.25) is 0 Å². The molecular formula is C19H23N3O3. The van der Waals surface area contributed by atoms with Gasteiger partial charge in [-0.15, -0.1) is 0 Å². The Morgan fingerprint density at radius 3 is 2.60 bits per heavy atom. The van der Waals surface area contributed by atoms with Crippen LogP contribution in [0.2, 0.25) is 0 Å². The van der Waals surface area contributed by atoms with Gasteiger partial charge in [0, 0.05) is 13.1 Å². The average Bonchev–Trinajstić information content (AvgIpc) is 2.56. The van der Waals surface area contributed by atoms with E-state index in [-0.39, 0.29) is 11.1 Å². The van der Waals surface area contributed by atoms with Crippen molar-refractivity contribution >= 4 is 11.4 Å². The third kappa shape index (κ3) is 3.38. The summed E-state index contributed by atoms with van der Waals surface area (Å²) in [6, 6.07) is 7.70. The summed E-state index contributed by atoms with van der Waals surface area (Å²) in [5.41, 5.74) is 0.933. The highest BCUT2D eigenvalue weighted by Gasteiger charge is 2.28. The van der Waals surface area contributed by atoms with E-state index < -0.39 is 16.9 Å². The molecule has 0 radical (unpaired) electrons. The van der Waals surface area contributed by atoms with Crippen LogP contribution in [0.25, 0.3) is 11.4 Å². The fraction of sp³-hybridized carbons (Fsp3) is 0.368. The minimum Gasteiger partial charge on any atom is -0.506 e. The van der Waals surface area contributed by atoms with Gasteiger partial charge in [-0.25, -0.2) is 4.68 Å². The van der Waals surface area contributed by atoms with Crippen LogP contribution in [0.1, 0.15) is 32.4 Å². The van der Waals surface area contributed by atoms with Gasteiger partial charge in [-0.1, -0.05) is 32.6 Å². The van der Waals surface area contributed by atoms with Gasteiger partial charge in [0.15, 0.2) is 11.4 Å². The SMILES string of the molecule is C=C(O)c1nn(-c2ccccc2N2CCCC(C)(C)C2)cc(O)c1=O. The quantitative estimate of drug-likeness (QED) is 0.839. The zero-order valence-corrected chi connectivity index (χ0v) is 14.6. The Bertz CT molecular complexity index is 870. The lowest BCUT2D eigenvalue weighted by Gasteiger charge is -2.40. The molecule has 25 heavy (non-hydrogen) atoms. The third-order valence-electron chi connectivity index (χ3n) is 4.54. The molecule has 0 spiro atoms. The number of aliphatic hydroxyl groups is 1. The highest BCUT2D eigenvalue weighted by atomic mass is 16.3. The van der Waals surface area contributed by atoms with Gasteiger partial charge < -0.3 is 15.1 Å². The Balaban J connectivity index is 2.11. The van der Waals surface area contributed by atoms with Crippen LogP contribution >= 0.6 is 0 Å². The van der Waals surface area contributed by atoms with E-state index in [4.69, 9.17) is 0 Å². The monoisotopic (exact) mass is 341 g/mol. The van der Waals surface area contributed by atoms with Crippen LogP contribution < -0.4 is 10.3 Å². The van der Waals surface area contributed by atoms with Crippen LogP contribution in [-0.2, 0) is 0 Å². The van der Waals surface area contributed by atoms with Crippen LogP contribution in [0.15, 0.2) is 41.8 Å². The Morgan fingerprint density at radius 2 is 1.96 bits per heavy atom. The van der Waals surface area contributed by atoms with Crippen LogP contribution in [0.4, 0.5) is 5.69 Å². The number of benzene rings is 1. The molecule has 132 valence electrons. The molecule has 0 unspecified atom stereocenters. The first kappa shape index (κ1) is 17.1. The summed E-state index contributed by atoms with van der Waals surface area (Å²) in [6.07, 6.45) is 3.54. The molecule has 1 aromatic carbocycles. The summed E-state index contributed by atoms with van der Waals surface area (Å²) < 4.78 is 1.42. The van der Waals surface area contributed by atoms with Crippen LogP contribution in [0.5, 0.6) is 5.75 Å². The lowest BCUT2D eigenvalue weighted by molar-refractivity contribution is 0.293. The van der Waals surface area contributed by atoms with E-state index in [1.807, 2.05) is 24.3 Å². The molecule has 6 heteroatoms. The maximum atomic E-state index is 11.9. The minimum atomic E-state index is -0.736. The highest BCUT2D eigenvalue weighted by molar-refractivity contribution is 5.63. The molecule has 6 nitrogen and oxygen atoms in total. The largest absolute Gasteiger partial charge is 0.506 e. The van der Waals surface area contributed by atoms with E-state index in [1.54, 1.807) is 0 Å². The van der Waals surface area contributed by atoms with Crippen molar-refractivity contribution in [2.45, 2.75) is 26.7 Å². The van der Waals surface area contributed by atoms with E-state index in [2.05, 4.69) is 30.4 Å². The molecule has 0 aliphatic carbocycles. The molecule has 1 aromatic heterocycles. The first-order valence-corrected chi connectivity index (χ1v) is 8.34. The van der Waals surface area contributed by atoms with Gasteiger partial charge in [0.1, 0.15) is 5.76 Å². The summed E-state index contributed by atoms with van der Waals surface area (Å²) in [6.45, 7) is 9.70. The third-order valence-corrected chi connectivity index (χ3v) is 4.54. The molecule has 0 amide bonds. The van der Waals surface area contributed by atoms with Crippen molar-refractivity contribution in [3.05, 3.63) is 53.0 Å². The van der Waals surface area contributed by atoms with Crippen LogP contribution in [0, 0.1) is 5.41 Å². The minimum absolute atomic E-state index is 0.217. The van der Waals surface area contributed by atoms with Gasteiger partial charge in [-0.3, -0.25) is 4.79 Å². The van der Waals surface area contributed by atoms with Crippen LogP contribution in [0.3, 0.4) is 0 Å². The molecule has 3 rings (SSSR count). The summed E-state index contributed by atoms with van der Waals surface area (Å²) in [5.74, 6) is -0.944. The Labute approximate surface area is 146 Å². The average molecular weight is 341 g/mol. The van der Waals surface area contributed by atoms with Gasteiger partial charge in [0.05, 0.1) is 17.6 Å². The molecule has 1 saturated heterocycles. The van der Waals surface area contributed by atoms with Gasteiger partial charge in [-0.05, 0) is 30.4 Å². The number of piperidine rings is 1. The summed E-state index contributed by atoms with van der Waals surface area (Å²) in [4.78, 5) is 14.2. The predicted molar refractivity (Wildman–Crippen MR) is 98.4 cm³/mol. The second kappa shape index (κ2) is 6.27. The Morgan fingerprint density at radius 1 is 1.28 bits per heavy atom. The number of para-hydroxylation sites is 2. The second-order valence-corrected chi connectivity index (χ2v) is 7.26. The molecule has 0 atom stereocenters. The van der Waals surface area contributed by atoms with Crippen molar-refractivity contribution in [1.82, 2.24) is 9.78 Å². The second-order valence-electron chi connectivity index (χ2n) is 7.26. The number of anilines is 1. The van der Waals surface area contributed by atoms with Crippen molar-refractivity contribution in [3.63, 3.8) is 0 Å². The maximum absolute atomic E-state index is 11.9. The van der Waals surface area contributed by atoms with Crippen molar-refractivity contribution in [2.75, 3.05) is 18.0 Å². The number of hydrogen-bond acceptors (Lipinski definition) is 5. The zero-order chi connectivity index (χ0) is 18.2. The molecule has 2 heterocycles. The van der Waals surface area contributed by atoms with E-state index in [0.717, 1.165) is 30.9 Å². The molecule has 0 bridgehead atoms. The fourth-order valence-corrected chi connectivity index (χ4v) is 3.34. The smallest absolute Gasteiger partial charge is 0.252 e. The molecule has 2 N–H and O–H groups in total. The van der Waals surface area contributed by atoms with E-state index in [1.165, 1.54) is 17.3 Å². The van der Waals surface area contributed by atoms with Crippen molar-refractivity contribution in [3.8, 4) is 11.4 Å². The molecule has 1 aliphatic rings. The van der Waals surface area contributed by atoms with Crippen molar-refractivity contribution in [1.29, 1.82) is 0 Å². The van der Waals surface area contributed by atoms with E-state index in [9.17, 15) is 15.0 Å². The van der Waals surface area contributed by atoms with Gasteiger partial charge >= 0.3 is 0 Å². The number of hydrogen-bond donors (Lipinski definition) is 2. The first-order chi connectivity index (χ1) is 11.8.